The Kier molecular flexibility index (Phi) is 2.24. The SMILES string of the molecule is CC1SC(C)C(C)N=C1N. The van der Waals surface area contributed by atoms with E-state index in [-0.39, 0.29) is 0 Å². The molecular formula is C7H14N2S. The van der Waals surface area contributed by atoms with Crippen molar-refractivity contribution < 1.29 is 0 Å². The number of rotatable bonds is 0. The Balaban J connectivity index is 2.69. The van der Waals surface area contributed by atoms with Gasteiger partial charge in [-0.2, -0.15) is 0 Å². The summed E-state index contributed by atoms with van der Waals surface area (Å²) in [6.45, 7) is 6.41. The van der Waals surface area contributed by atoms with Gasteiger partial charge in [-0.05, 0) is 13.8 Å². The number of nitrogens with zero attached hydrogens (tertiary/aromatic N) is 1. The van der Waals surface area contributed by atoms with E-state index in [4.69, 9.17) is 5.73 Å². The van der Waals surface area contributed by atoms with Gasteiger partial charge in [0.15, 0.2) is 0 Å². The third kappa shape index (κ3) is 1.45. The maximum Gasteiger partial charge on any atom is 0.107 e. The van der Waals surface area contributed by atoms with Gasteiger partial charge in [-0.15, -0.1) is 11.8 Å². The summed E-state index contributed by atoms with van der Waals surface area (Å²) in [6.07, 6.45) is 0. The summed E-state index contributed by atoms with van der Waals surface area (Å²) in [7, 11) is 0. The van der Waals surface area contributed by atoms with Gasteiger partial charge in [0.05, 0.1) is 11.3 Å². The largest absolute Gasteiger partial charge is 0.387 e. The Morgan fingerprint density at radius 1 is 1.40 bits per heavy atom. The molecule has 10 heavy (non-hydrogen) atoms. The Bertz CT molecular complexity index is 156. The van der Waals surface area contributed by atoms with Crippen LogP contribution in [0.25, 0.3) is 0 Å². The molecule has 1 heterocycles. The summed E-state index contributed by atoms with van der Waals surface area (Å²) in [5, 5.41) is 1.02. The quantitative estimate of drug-likeness (QED) is 0.576. The van der Waals surface area contributed by atoms with Crippen molar-refractivity contribution in [1.29, 1.82) is 0 Å². The lowest BCUT2D eigenvalue weighted by Gasteiger charge is -2.26. The number of hydrogen-bond acceptors (Lipinski definition) is 3. The first-order valence-electron chi connectivity index (χ1n) is 3.60. The zero-order valence-corrected chi connectivity index (χ0v) is 7.48. The molecule has 3 heteroatoms. The third-order valence-electron chi connectivity index (χ3n) is 1.87. The summed E-state index contributed by atoms with van der Waals surface area (Å²) < 4.78 is 0. The second kappa shape index (κ2) is 2.82. The first-order valence-corrected chi connectivity index (χ1v) is 4.54. The highest BCUT2D eigenvalue weighted by Gasteiger charge is 2.22. The fourth-order valence-electron chi connectivity index (χ4n) is 0.950. The number of nitrogens with two attached hydrogens (primary N) is 1. The lowest BCUT2D eigenvalue weighted by molar-refractivity contribution is 0.718. The van der Waals surface area contributed by atoms with Gasteiger partial charge in [0.2, 0.25) is 0 Å². The van der Waals surface area contributed by atoms with Crippen LogP contribution in [0.3, 0.4) is 0 Å². The molecule has 3 unspecified atom stereocenters. The fourth-order valence-corrected chi connectivity index (χ4v) is 2.08. The minimum atomic E-state index is 0.390. The molecule has 0 saturated heterocycles. The molecule has 1 aliphatic rings. The van der Waals surface area contributed by atoms with Crippen molar-refractivity contribution in [3.05, 3.63) is 0 Å². The predicted molar refractivity (Wildman–Crippen MR) is 47.6 cm³/mol. The molecule has 1 aliphatic heterocycles. The van der Waals surface area contributed by atoms with E-state index in [1.165, 1.54) is 0 Å². The van der Waals surface area contributed by atoms with Crippen LogP contribution in [0.5, 0.6) is 0 Å². The smallest absolute Gasteiger partial charge is 0.107 e. The monoisotopic (exact) mass is 158 g/mol. The average molecular weight is 158 g/mol. The molecule has 0 aromatic carbocycles. The van der Waals surface area contributed by atoms with Gasteiger partial charge in [0, 0.05) is 5.25 Å². The highest BCUT2D eigenvalue weighted by atomic mass is 32.2. The highest BCUT2D eigenvalue weighted by Crippen LogP contribution is 2.26. The molecule has 0 amide bonds. The van der Waals surface area contributed by atoms with Gasteiger partial charge < -0.3 is 5.73 Å². The molecule has 0 aliphatic carbocycles. The van der Waals surface area contributed by atoms with Crippen molar-refractivity contribution in [1.82, 2.24) is 0 Å². The second-order valence-corrected chi connectivity index (χ2v) is 4.50. The summed E-state index contributed by atoms with van der Waals surface area (Å²) in [4.78, 5) is 4.32. The minimum Gasteiger partial charge on any atom is -0.387 e. The zero-order valence-electron chi connectivity index (χ0n) is 6.66. The standard InChI is InChI=1S/C7H14N2S/c1-4-5(2)10-6(3)7(8)9-4/h4-6H,1-3H3,(H2,8,9). The Labute approximate surface area is 66.3 Å². The van der Waals surface area contributed by atoms with E-state index in [9.17, 15) is 0 Å². The summed E-state index contributed by atoms with van der Waals surface area (Å²) in [6, 6.07) is 0.390. The van der Waals surface area contributed by atoms with E-state index in [2.05, 4.69) is 25.8 Å². The summed E-state index contributed by atoms with van der Waals surface area (Å²) >= 11 is 1.90. The summed E-state index contributed by atoms with van der Waals surface area (Å²) in [5.41, 5.74) is 5.66. The van der Waals surface area contributed by atoms with Crippen molar-refractivity contribution in [3.63, 3.8) is 0 Å². The Morgan fingerprint density at radius 2 is 2.00 bits per heavy atom. The minimum absolute atomic E-state index is 0.390. The van der Waals surface area contributed by atoms with E-state index < -0.39 is 0 Å². The topological polar surface area (TPSA) is 38.4 Å². The van der Waals surface area contributed by atoms with Crippen LogP contribution in [0, 0.1) is 0 Å². The Hall–Kier alpha value is -0.180. The fraction of sp³-hybridized carbons (Fsp3) is 0.857. The molecular weight excluding hydrogens is 144 g/mol. The van der Waals surface area contributed by atoms with Gasteiger partial charge >= 0.3 is 0 Å². The predicted octanol–water partition coefficient (Wildman–Crippen LogP) is 1.26. The molecule has 0 fully saturated rings. The molecule has 3 atom stereocenters. The first kappa shape index (κ1) is 7.92. The van der Waals surface area contributed by atoms with E-state index in [0.29, 0.717) is 16.5 Å². The maximum absolute atomic E-state index is 5.66. The van der Waals surface area contributed by atoms with Crippen LogP contribution in [-0.4, -0.2) is 22.4 Å². The van der Waals surface area contributed by atoms with Gasteiger partial charge in [-0.3, -0.25) is 4.99 Å². The molecule has 2 N–H and O–H groups in total. The molecule has 0 spiro atoms. The number of thioether (sulfide) groups is 1. The van der Waals surface area contributed by atoms with E-state index >= 15 is 0 Å². The van der Waals surface area contributed by atoms with Gasteiger partial charge in [-0.25, -0.2) is 0 Å². The lowest BCUT2D eigenvalue weighted by Crippen LogP contribution is -2.34. The van der Waals surface area contributed by atoms with Crippen molar-refractivity contribution >= 4 is 17.6 Å². The number of amidine groups is 1. The van der Waals surface area contributed by atoms with Gasteiger partial charge in [0.1, 0.15) is 5.84 Å². The van der Waals surface area contributed by atoms with Crippen LogP contribution in [0.15, 0.2) is 4.99 Å². The number of aliphatic imine (C=N–C) groups is 1. The maximum atomic E-state index is 5.66. The Morgan fingerprint density at radius 3 is 2.50 bits per heavy atom. The van der Waals surface area contributed by atoms with E-state index in [0.717, 1.165) is 5.84 Å². The van der Waals surface area contributed by atoms with Crippen LogP contribution in [0.4, 0.5) is 0 Å². The lowest BCUT2D eigenvalue weighted by atomic mass is 10.2. The van der Waals surface area contributed by atoms with Crippen molar-refractivity contribution in [2.75, 3.05) is 0 Å². The average Bonchev–Trinajstić information content (AvgIpc) is 1.84. The van der Waals surface area contributed by atoms with Crippen LogP contribution in [0.2, 0.25) is 0 Å². The molecule has 58 valence electrons. The van der Waals surface area contributed by atoms with Crippen LogP contribution >= 0.6 is 11.8 Å². The molecule has 0 aromatic heterocycles. The van der Waals surface area contributed by atoms with E-state index in [1.807, 2.05) is 11.8 Å². The number of hydrogen-bond donors (Lipinski definition) is 1. The molecule has 0 saturated carbocycles. The molecule has 2 nitrogen and oxygen atoms in total. The van der Waals surface area contributed by atoms with Gasteiger partial charge in [0.25, 0.3) is 0 Å². The van der Waals surface area contributed by atoms with E-state index in [1.54, 1.807) is 0 Å². The normalized spacial score (nSPS) is 41.1. The first-order chi connectivity index (χ1) is 4.61. The van der Waals surface area contributed by atoms with Crippen molar-refractivity contribution in [3.8, 4) is 0 Å². The molecule has 0 bridgehead atoms. The summed E-state index contributed by atoms with van der Waals surface area (Å²) in [5.74, 6) is 0.801. The molecule has 0 aromatic rings. The molecule has 1 rings (SSSR count). The zero-order chi connectivity index (χ0) is 7.72. The third-order valence-corrected chi connectivity index (χ3v) is 3.34. The van der Waals surface area contributed by atoms with Gasteiger partial charge in [-0.1, -0.05) is 6.92 Å². The van der Waals surface area contributed by atoms with Crippen LogP contribution < -0.4 is 5.73 Å². The van der Waals surface area contributed by atoms with Crippen molar-refractivity contribution in [2.45, 2.75) is 37.3 Å². The van der Waals surface area contributed by atoms with Crippen LogP contribution in [0.1, 0.15) is 20.8 Å². The highest BCUT2D eigenvalue weighted by molar-refractivity contribution is 8.01. The molecule has 0 radical (unpaired) electrons. The van der Waals surface area contributed by atoms with Crippen LogP contribution in [-0.2, 0) is 0 Å². The second-order valence-electron chi connectivity index (χ2n) is 2.78. The van der Waals surface area contributed by atoms with Crippen molar-refractivity contribution in [2.24, 2.45) is 10.7 Å².